The van der Waals surface area contributed by atoms with Gasteiger partial charge in [-0.25, -0.2) is 4.99 Å². The van der Waals surface area contributed by atoms with Crippen LogP contribution in [0.1, 0.15) is 15.9 Å². The Balaban J connectivity index is 2.48. The van der Waals surface area contributed by atoms with Gasteiger partial charge in [-0.1, -0.05) is 24.8 Å². The number of nitrogens with zero attached hydrogens (tertiary/aromatic N) is 1. The zero-order chi connectivity index (χ0) is 13.1. The molecule has 4 heteroatoms. The molecule has 1 aromatic carbocycles. The smallest absolute Gasteiger partial charge is 0.248 e. The Morgan fingerprint density at radius 1 is 1.33 bits per heavy atom. The van der Waals surface area contributed by atoms with E-state index < -0.39 is 5.91 Å². The van der Waals surface area contributed by atoms with Crippen LogP contribution in [-0.4, -0.2) is 17.6 Å². The molecule has 90 valence electrons. The minimum Gasteiger partial charge on any atom is -0.366 e. The van der Waals surface area contributed by atoms with Gasteiger partial charge in [0.2, 0.25) is 5.91 Å². The largest absolute Gasteiger partial charge is 0.366 e. The number of primary amides is 1. The summed E-state index contributed by atoms with van der Waals surface area (Å²) in [5.41, 5.74) is 8.49. The van der Waals surface area contributed by atoms with Crippen molar-refractivity contribution >= 4 is 24.5 Å². The first-order valence-electron chi connectivity index (χ1n) is 5.38. The molecular weight excluding hydrogens is 226 g/mol. The third-order valence-corrected chi connectivity index (χ3v) is 2.74. The molecule has 0 aliphatic heterocycles. The van der Waals surface area contributed by atoms with Gasteiger partial charge < -0.3 is 10.7 Å². The number of carbonyl (C=O) groups is 1. The Morgan fingerprint density at radius 3 is 2.50 bits per heavy atom. The Hall–Kier alpha value is -2.62. The van der Waals surface area contributed by atoms with Crippen molar-refractivity contribution in [2.75, 3.05) is 0 Å². The normalized spacial score (nSPS) is 10.0. The van der Waals surface area contributed by atoms with Crippen molar-refractivity contribution in [2.24, 2.45) is 10.7 Å². The third kappa shape index (κ3) is 1.96. The van der Waals surface area contributed by atoms with Gasteiger partial charge in [-0.2, -0.15) is 0 Å². The molecule has 0 fully saturated rings. The zero-order valence-corrected chi connectivity index (χ0v) is 9.81. The van der Waals surface area contributed by atoms with E-state index in [9.17, 15) is 4.79 Å². The van der Waals surface area contributed by atoms with E-state index in [0.29, 0.717) is 11.4 Å². The fraction of sp³-hybridized carbons (Fsp3) is 0. The molecule has 3 N–H and O–H groups in total. The lowest BCUT2D eigenvalue weighted by Crippen LogP contribution is -2.10. The van der Waals surface area contributed by atoms with Crippen LogP contribution in [0.4, 0.5) is 5.82 Å². The second kappa shape index (κ2) is 4.71. The van der Waals surface area contributed by atoms with Crippen LogP contribution in [0.15, 0.2) is 42.0 Å². The fourth-order valence-corrected chi connectivity index (χ4v) is 1.81. The van der Waals surface area contributed by atoms with Crippen molar-refractivity contribution in [1.29, 1.82) is 0 Å². The summed E-state index contributed by atoms with van der Waals surface area (Å²) >= 11 is 0. The number of aliphatic imine (C=N–C) groups is 1. The molecule has 0 bridgehead atoms. The first-order chi connectivity index (χ1) is 8.67. The summed E-state index contributed by atoms with van der Waals surface area (Å²) in [7, 11) is 0. The van der Waals surface area contributed by atoms with Crippen LogP contribution in [-0.2, 0) is 0 Å². The van der Waals surface area contributed by atoms with Gasteiger partial charge in [-0.15, -0.1) is 0 Å². The highest BCUT2D eigenvalue weighted by Gasteiger charge is 2.09. The minimum atomic E-state index is -0.437. The summed E-state index contributed by atoms with van der Waals surface area (Å²) in [5, 5.41) is 0. The van der Waals surface area contributed by atoms with Crippen LogP contribution in [0.25, 0.3) is 17.2 Å². The molecule has 18 heavy (non-hydrogen) atoms. The molecule has 0 unspecified atom stereocenters. The van der Waals surface area contributed by atoms with E-state index in [2.05, 4.69) is 23.3 Å². The van der Waals surface area contributed by atoms with Crippen molar-refractivity contribution in [3.05, 3.63) is 48.2 Å². The highest BCUT2D eigenvalue weighted by atomic mass is 16.1. The van der Waals surface area contributed by atoms with Crippen LogP contribution in [0, 0.1) is 0 Å². The standard InChI is InChI=1S/C14H13N3O/c1-3-11-12(8-17-14(11)16-2)9-4-6-10(7-5-9)13(15)18/h3-8,17H,1-2H2,(H2,15,18). The minimum absolute atomic E-state index is 0.437. The number of hydrogen-bond donors (Lipinski definition) is 2. The van der Waals surface area contributed by atoms with E-state index >= 15 is 0 Å². The van der Waals surface area contributed by atoms with E-state index in [0.717, 1.165) is 16.7 Å². The second-order valence-electron chi connectivity index (χ2n) is 3.77. The molecule has 1 aromatic heterocycles. The van der Waals surface area contributed by atoms with Gasteiger partial charge in [-0.05, 0) is 24.4 Å². The lowest BCUT2D eigenvalue weighted by atomic mass is 10.0. The molecule has 0 saturated heterocycles. The van der Waals surface area contributed by atoms with Crippen LogP contribution < -0.4 is 5.73 Å². The van der Waals surface area contributed by atoms with Crippen LogP contribution in [0.5, 0.6) is 0 Å². The van der Waals surface area contributed by atoms with Crippen molar-refractivity contribution in [3.8, 4) is 11.1 Å². The van der Waals surface area contributed by atoms with Gasteiger partial charge in [0, 0.05) is 22.9 Å². The van der Waals surface area contributed by atoms with Gasteiger partial charge in [0.1, 0.15) is 5.82 Å². The summed E-state index contributed by atoms with van der Waals surface area (Å²) in [6.45, 7) is 7.26. The number of hydrogen-bond acceptors (Lipinski definition) is 2. The molecule has 2 aromatic rings. The number of aromatic amines is 1. The summed E-state index contributed by atoms with van der Waals surface area (Å²) in [5.74, 6) is 0.243. The predicted molar refractivity (Wildman–Crippen MR) is 74.0 cm³/mol. The van der Waals surface area contributed by atoms with Crippen molar-refractivity contribution in [2.45, 2.75) is 0 Å². The molecule has 1 heterocycles. The Morgan fingerprint density at radius 2 is 2.00 bits per heavy atom. The monoisotopic (exact) mass is 239 g/mol. The molecule has 0 spiro atoms. The van der Waals surface area contributed by atoms with Crippen molar-refractivity contribution in [1.82, 2.24) is 4.98 Å². The average molecular weight is 239 g/mol. The van der Waals surface area contributed by atoms with Gasteiger partial charge in [0.05, 0.1) is 0 Å². The summed E-state index contributed by atoms with van der Waals surface area (Å²) in [6.07, 6.45) is 3.55. The first-order valence-corrected chi connectivity index (χ1v) is 5.38. The van der Waals surface area contributed by atoms with E-state index in [4.69, 9.17) is 5.73 Å². The number of amides is 1. The molecule has 2 rings (SSSR count). The quantitative estimate of drug-likeness (QED) is 0.791. The number of rotatable bonds is 4. The summed E-state index contributed by atoms with van der Waals surface area (Å²) < 4.78 is 0. The lowest BCUT2D eigenvalue weighted by Gasteiger charge is -2.02. The molecule has 0 radical (unpaired) electrons. The SMILES string of the molecule is C=Cc1c(-c2ccc(C(N)=O)cc2)c[nH]c1N=C. The van der Waals surface area contributed by atoms with E-state index in [1.165, 1.54) is 0 Å². The summed E-state index contributed by atoms with van der Waals surface area (Å²) in [6, 6.07) is 7.06. The third-order valence-electron chi connectivity index (χ3n) is 2.74. The molecule has 0 saturated carbocycles. The molecule has 4 nitrogen and oxygen atoms in total. The van der Waals surface area contributed by atoms with Crippen LogP contribution in [0.2, 0.25) is 0 Å². The maximum Gasteiger partial charge on any atom is 0.248 e. The fourth-order valence-electron chi connectivity index (χ4n) is 1.81. The lowest BCUT2D eigenvalue weighted by molar-refractivity contribution is 0.100. The van der Waals surface area contributed by atoms with Crippen molar-refractivity contribution in [3.63, 3.8) is 0 Å². The molecule has 0 aliphatic rings. The molecular formula is C14H13N3O. The van der Waals surface area contributed by atoms with Crippen LogP contribution >= 0.6 is 0 Å². The number of nitrogens with one attached hydrogen (secondary N) is 1. The Labute approximate surface area is 105 Å². The van der Waals surface area contributed by atoms with E-state index in [-0.39, 0.29) is 0 Å². The average Bonchev–Trinajstić information content (AvgIpc) is 2.81. The van der Waals surface area contributed by atoms with Gasteiger partial charge in [0.25, 0.3) is 0 Å². The topological polar surface area (TPSA) is 71.2 Å². The second-order valence-corrected chi connectivity index (χ2v) is 3.77. The van der Waals surface area contributed by atoms with Gasteiger partial charge >= 0.3 is 0 Å². The highest BCUT2D eigenvalue weighted by molar-refractivity contribution is 5.93. The number of nitrogens with two attached hydrogens (primary N) is 1. The number of H-pyrrole nitrogens is 1. The zero-order valence-electron chi connectivity index (χ0n) is 9.81. The number of carbonyl (C=O) groups excluding carboxylic acids is 1. The maximum atomic E-state index is 11.0. The molecule has 1 amide bonds. The molecule has 0 atom stereocenters. The summed E-state index contributed by atoms with van der Waals surface area (Å²) in [4.78, 5) is 17.9. The van der Waals surface area contributed by atoms with Crippen LogP contribution in [0.3, 0.4) is 0 Å². The van der Waals surface area contributed by atoms with E-state index in [1.54, 1.807) is 18.2 Å². The van der Waals surface area contributed by atoms with E-state index in [1.807, 2.05) is 18.3 Å². The first kappa shape index (κ1) is 11.9. The maximum absolute atomic E-state index is 11.0. The number of benzene rings is 1. The van der Waals surface area contributed by atoms with Gasteiger partial charge in [-0.3, -0.25) is 4.79 Å². The highest BCUT2D eigenvalue weighted by Crippen LogP contribution is 2.31. The Bertz CT molecular complexity index is 608. The Kier molecular flexibility index (Phi) is 3.10. The predicted octanol–water partition coefficient (Wildman–Crippen LogP) is 2.76. The van der Waals surface area contributed by atoms with Crippen molar-refractivity contribution < 1.29 is 4.79 Å². The molecule has 0 aliphatic carbocycles. The van der Waals surface area contributed by atoms with Gasteiger partial charge in [0.15, 0.2) is 0 Å². The number of aromatic nitrogens is 1.